The van der Waals surface area contributed by atoms with Crippen molar-refractivity contribution >= 4 is 0 Å². The van der Waals surface area contributed by atoms with Gasteiger partial charge in [-0.2, -0.15) is 0 Å². The van der Waals surface area contributed by atoms with Gasteiger partial charge < -0.3 is 14.9 Å². The maximum absolute atomic E-state index is 13.4. The normalized spacial score (nSPS) is 12.9. The fourth-order valence-electron chi connectivity index (χ4n) is 1.18. The van der Waals surface area contributed by atoms with Crippen LogP contribution in [0.15, 0.2) is 18.2 Å². The maximum atomic E-state index is 13.4. The lowest BCUT2D eigenvalue weighted by Crippen LogP contribution is -2.08. The molecule has 2 N–H and O–H groups in total. The third-order valence-electron chi connectivity index (χ3n) is 1.88. The Bertz CT molecular complexity index is 326. The van der Waals surface area contributed by atoms with E-state index in [0.29, 0.717) is 5.56 Å². The molecule has 84 valence electrons. The van der Waals surface area contributed by atoms with Crippen LogP contribution in [-0.4, -0.2) is 22.9 Å². The van der Waals surface area contributed by atoms with Crippen molar-refractivity contribution in [3.63, 3.8) is 0 Å². The van der Waals surface area contributed by atoms with Crippen LogP contribution in [0.5, 0.6) is 5.75 Å². The summed E-state index contributed by atoms with van der Waals surface area (Å²) in [5.74, 6) is -0.382. The minimum absolute atomic E-state index is 0.104. The molecule has 0 heterocycles. The predicted octanol–water partition coefficient (Wildman–Crippen LogP) is 1.64. The van der Waals surface area contributed by atoms with Gasteiger partial charge in [0.1, 0.15) is 6.10 Å². The summed E-state index contributed by atoms with van der Waals surface area (Å²) in [7, 11) is 0. The van der Waals surface area contributed by atoms with Crippen molar-refractivity contribution in [3.05, 3.63) is 29.6 Å². The van der Waals surface area contributed by atoms with E-state index >= 15 is 0 Å². The van der Waals surface area contributed by atoms with Crippen LogP contribution >= 0.6 is 0 Å². The largest absolute Gasteiger partial charge is 0.488 e. The van der Waals surface area contributed by atoms with Crippen LogP contribution in [-0.2, 0) is 0 Å². The second-order valence-electron chi connectivity index (χ2n) is 3.55. The Hall–Kier alpha value is -1.13. The standard InChI is InChI=1S/C11H15FO3/c1-7(2)15-11-4-3-8(5-9(11)12)10(14)6-13/h3-5,7,10,13-14H,6H2,1-2H3. The molecule has 0 fully saturated rings. The van der Waals surface area contributed by atoms with Crippen LogP contribution in [0.2, 0.25) is 0 Å². The van der Waals surface area contributed by atoms with Crippen LogP contribution in [0.25, 0.3) is 0 Å². The molecule has 1 aromatic carbocycles. The number of benzene rings is 1. The van der Waals surface area contributed by atoms with Crippen molar-refractivity contribution in [2.45, 2.75) is 26.1 Å². The molecule has 1 aromatic rings. The van der Waals surface area contributed by atoms with Crippen molar-refractivity contribution in [1.82, 2.24) is 0 Å². The minimum Gasteiger partial charge on any atom is -0.488 e. The first-order chi connectivity index (χ1) is 7.04. The molecule has 0 bridgehead atoms. The Morgan fingerprint density at radius 3 is 2.53 bits per heavy atom. The quantitative estimate of drug-likeness (QED) is 0.801. The molecule has 0 radical (unpaired) electrons. The third-order valence-corrected chi connectivity index (χ3v) is 1.88. The fraction of sp³-hybridized carbons (Fsp3) is 0.455. The van der Waals surface area contributed by atoms with Gasteiger partial charge in [-0.25, -0.2) is 4.39 Å². The summed E-state index contributed by atoms with van der Waals surface area (Å²) in [5, 5.41) is 18.0. The van der Waals surface area contributed by atoms with Gasteiger partial charge in [0, 0.05) is 0 Å². The summed E-state index contributed by atoms with van der Waals surface area (Å²) < 4.78 is 18.6. The molecule has 0 aliphatic carbocycles. The monoisotopic (exact) mass is 214 g/mol. The zero-order chi connectivity index (χ0) is 11.4. The average molecular weight is 214 g/mol. The minimum atomic E-state index is -1.05. The molecule has 0 spiro atoms. The van der Waals surface area contributed by atoms with E-state index in [0.717, 1.165) is 0 Å². The lowest BCUT2D eigenvalue weighted by Gasteiger charge is -2.13. The van der Waals surface area contributed by atoms with Gasteiger partial charge in [0.2, 0.25) is 0 Å². The number of hydrogen-bond donors (Lipinski definition) is 2. The van der Waals surface area contributed by atoms with Gasteiger partial charge in [-0.1, -0.05) is 6.07 Å². The molecule has 1 rings (SSSR count). The molecule has 0 aromatic heterocycles. The van der Waals surface area contributed by atoms with Gasteiger partial charge in [-0.15, -0.1) is 0 Å². The zero-order valence-electron chi connectivity index (χ0n) is 8.77. The Morgan fingerprint density at radius 2 is 2.07 bits per heavy atom. The lowest BCUT2D eigenvalue weighted by atomic mass is 10.1. The van der Waals surface area contributed by atoms with E-state index in [-0.39, 0.29) is 11.9 Å². The molecular formula is C11H15FO3. The van der Waals surface area contributed by atoms with Crippen LogP contribution in [0.1, 0.15) is 25.5 Å². The molecule has 0 saturated carbocycles. The van der Waals surface area contributed by atoms with E-state index in [1.807, 2.05) is 0 Å². The average Bonchev–Trinajstić information content (AvgIpc) is 2.19. The third kappa shape index (κ3) is 3.18. The highest BCUT2D eigenvalue weighted by Gasteiger charge is 2.11. The Morgan fingerprint density at radius 1 is 1.40 bits per heavy atom. The first-order valence-electron chi connectivity index (χ1n) is 4.79. The second kappa shape index (κ2) is 5.09. The number of aliphatic hydroxyl groups is 2. The number of rotatable bonds is 4. The maximum Gasteiger partial charge on any atom is 0.165 e. The van der Waals surface area contributed by atoms with Gasteiger partial charge in [-0.05, 0) is 31.5 Å². The lowest BCUT2D eigenvalue weighted by molar-refractivity contribution is 0.0952. The summed E-state index contributed by atoms with van der Waals surface area (Å²) in [6, 6.07) is 4.14. The zero-order valence-corrected chi connectivity index (χ0v) is 8.77. The van der Waals surface area contributed by atoms with E-state index in [1.54, 1.807) is 13.8 Å². The smallest absolute Gasteiger partial charge is 0.165 e. The van der Waals surface area contributed by atoms with E-state index in [4.69, 9.17) is 9.84 Å². The van der Waals surface area contributed by atoms with Crippen molar-refractivity contribution in [2.24, 2.45) is 0 Å². The fourth-order valence-corrected chi connectivity index (χ4v) is 1.18. The van der Waals surface area contributed by atoms with Gasteiger partial charge in [0.15, 0.2) is 11.6 Å². The van der Waals surface area contributed by atoms with Crippen molar-refractivity contribution in [2.75, 3.05) is 6.61 Å². The Balaban J connectivity index is 2.88. The summed E-state index contributed by atoms with van der Waals surface area (Å²) in [5.41, 5.74) is 0.339. The number of halogens is 1. The topological polar surface area (TPSA) is 49.7 Å². The Kier molecular flexibility index (Phi) is 4.05. The number of hydrogen-bond acceptors (Lipinski definition) is 3. The number of ether oxygens (including phenoxy) is 1. The Labute approximate surface area is 88.1 Å². The SMILES string of the molecule is CC(C)Oc1ccc(C(O)CO)cc1F. The van der Waals surface area contributed by atoms with Gasteiger partial charge in [0.25, 0.3) is 0 Å². The van der Waals surface area contributed by atoms with Crippen LogP contribution < -0.4 is 4.74 Å². The molecule has 15 heavy (non-hydrogen) atoms. The summed E-state index contributed by atoms with van der Waals surface area (Å²) in [6.07, 6.45) is -1.15. The van der Waals surface area contributed by atoms with E-state index < -0.39 is 18.5 Å². The van der Waals surface area contributed by atoms with Gasteiger partial charge >= 0.3 is 0 Å². The second-order valence-corrected chi connectivity index (χ2v) is 3.55. The highest BCUT2D eigenvalue weighted by Crippen LogP contribution is 2.22. The molecule has 0 aliphatic rings. The van der Waals surface area contributed by atoms with Crippen LogP contribution in [0.4, 0.5) is 4.39 Å². The molecule has 0 amide bonds. The first-order valence-corrected chi connectivity index (χ1v) is 4.79. The van der Waals surface area contributed by atoms with Crippen LogP contribution in [0, 0.1) is 5.82 Å². The molecule has 1 atom stereocenters. The molecule has 0 saturated heterocycles. The van der Waals surface area contributed by atoms with Crippen molar-refractivity contribution in [1.29, 1.82) is 0 Å². The van der Waals surface area contributed by atoms with Crippen LogP contribution in [0.3, 0.4) is 0 Å². The van der Waals surface area contributed by atoms with E-state index in [9.17, 15) is 9.50 Å². The summed E-state index contributed by atoms with van der Waals surface area (Å²) >= 11 is 0. The summed E-state index contributed by atoms with van der Waals surface area (Å²) in [4.78, 5) is 0. The molecule has 0 aliphatic heterocycles. The predicted molar refractivity (Wildman–Crippen MR) is 54.2 cm³/mol. The van der Waals surface area contributed by atoms with Crippen molar-refractivity contribution in [3.8, 4) is 5.75 Å². The first kappa shape index (κ1) is 11.9. The molecule has 1 unspecified atom stereocenters. The highest BCUT2D eigenvalue weighted by molar-refractivity contribution is 5.30. The molecule has 4 heteroatoms. The molecule has 3 nitrogen and oxygen atoms in total. The number of aliphatic hydroxyl groups excluding tert-OH is 2. The highest BCUT2D eigenvalue weighted by atomic mass is 19.1. The van der Waals surface area contributed by atoms with Crippen molar-refractivity contribution < 1.29 is 19.3 Å². The molecular weight excluding hydrogens is 199 g/mol. The summed E-state index contributed by atoms with van der Waals surface area (Å²) in [6.45, 7) is 3.18. The van der Waals surface area contributed by atoms with E-state index in [1.165, 1.54) is 18.2 Å². The van der Waals surface area contributed by atoms with Gasteiger partial charge in [-0.3, -0.25) is 0 Å². The van der Waals surface area contributed by atoms with Gasteiger partial charge in [0.05, 0.1) is 12.7 Å². The van der Waals surface area contributed by atoms with E-state index in [2.05, 4.69) is 0 Å².